The summed E-state index contributed by atoms with van der Waals surface area (Å²) in [6.07, 6.45) is 3.02. The Morgan fingerprint density at radius 2 is 1.25 bits per heavy atom. The first kappa shape index (κ1) is 18.7. The van der Waals surface area contributed by atoms with Crippen LogP contribution in [0.5, 0.6) is 0 Å². The van der Waals surface area contributed by atoms with Gasteiger partial charge >= 0.3 is 0 Å². The first-order valence-electron chi connectivity index (χ1n) is 10.0. The third-order valence-corrected chi connectivity index (χ3v) is 6.40. The quantitative estimate of drug-likeness (QED) is 0.794. The van der Waals surface area contributed by atoms with Gasteiger partial charge in [0.15, 0.2) is 0 Å². The van der Waals surface area contributed by atoms with Crippen LogP contribution in [-0.4, -0.2) is 11.8 Å². The Kier molecular flexibility index (Phi) is 4.33. The van der Waals surface area contributed by atoms with Crippen LogP contribution in [0.4, 0.5) is 11.4 Å². The summed E-state index contributed by atoms with van der Waals surface area (Å²) in [5.74, 6) is 0.158. The third-order valence-electron chi connectivity index (χ3n) is 6.40. The van der Waals surface area contributed by atoms with Gasteiger partial charge in [-0.25, -0.2) is 0 Å². The van der Waals surface area contributed by atoms with Crippen molar-refractivity contribution in [1.82, 2.24) is 0 Å². The van der Waals surface area contributed by atoms with Crippen molar-refractivity contribution in [1.29, 1.82) is 0 Å². The van der Waals surface area contributed by atoms with Crippen LogP contribution in [0.15, 0.2) is 36.4 Å². The van der Waals surface area contributed by atoms with Crippen LogP contribution >= 0.6 is 0 Å². The zero-order valence-corrected chi connectivity index (χ0v) is 17.1. The van der Waals surface area contributed by atoms with Crippen LogP contribution in [0, 0.1) is 0 Å². The molecule has 0 radical (unpaired) electrons. The number of hydrogen-bond acceptors (Lipinski definition) is 2. The van der Waals surface area contributed by atoms with Crippen molar-refractivity contribution >= 4 is 23.2 Å². The van der Waals surface area contributed by atoms with E-state index in [0.717, 1.165) is 35.3 Å². The average Bonchev–Trinajstić information content (AvgIpc) is 3.19. The molecule has 0 aromatic heterocycles. The van der Waals surface area contributed by atoms with Crippen LogP contribution < -0.4 is 10.6 Å². The molecule has 2 N–H and O–H groups in total. The summed E-state index contributed by atoms with van der Waals surface area (Å²) < 4.78 is 0. The maximum absolute atomic E-state index is 11.6. The zero-order valence-electron chi connectivity index (χ0n) is 17.1. The van der Waals surface area contributed by atoms with E-state index in [9.17, 15) is 9.59 Å². The van der Waals surface area contributed by atoms with Gasteiger partial charge in [-0.1, -0.05) is 52.0 Å². The summed E-state index contributed by atoms with van der Waals surface area (Å²) in [5.41, 5.74) is 6.66. The summed E-state index contributed by atoms with van der Waals surface area (Å²) in [6, 6.07) is 12.7. The number of nitrogens with one attached hydrogen (secondary N) is 2. The molecule has 0 aliphatic carbocycles. The molecule has 2 heterocycles. The normalized spacial score (nSPS) is 15.9. The topological polar surface area (TPSA) is 58.2 Å². The smallest absolute Gasteiger partial charge is 0.228 e. The van der Waals surface area contributed by atoms with Crippen molar-refractivity contribution in [2.45, 2.75) is 64.2 Å². The number of amides is 2. The van der Waals surface area contributed by atoms with Crippen LogP contribution in [0.1, 0.15) is 62.8 Å². The molecular formula is C24H28N2O2. The Labute approximate surface area is 166 Å². The predicted octanol–water partition coefficient (Wildman–Crippen LogP) is 4.71. The minimum atomic E-state index is 0.00780. The van der Waals surface area contributed by atoms with E-state index in [0.29, 0.717) is 12.8 Å². The molecule has 0 unspecified atom stereocenters. The Balaban J connectivity index is 1.50. The summed E-state index contributed by atoms with van der Waals surface area (Å²) in [4.78, 5) is 23.3. The van der Waals surface area contributed by atoms with Crippen molar-refractivity contribution in [3.8, 4) is 0 Å². The lowest BCUT2D eigenvalue weighted by Crippen LogP contribution is -2.24. The molecule has 4 heteroatoms. The minimum Gasteiger partial charge on any atom is -0.326 e. The molecule has 0 atom stereocenters. The van der Waals surface area contributed by atoms with Gasteiger partial charge in [-0.15, -0.1) is 0 Å². The number of carbonyl (C=O) groups is 2. The molecule has 4 nitrogen and oxygen atoms in total. The van der Waals surface area contributed by atoms with Gasteiger partial charge in [-0.2, -0.15) is 0 Å². The van der Waals surface area contributed by atoms with E-state index in [4.69, 9.17) is 0 Å². The standard InChI is InChI=1S/C24H28N2O2/c1-23(2,17-7-8-19-16(11-17)13-22(28)25-19)9-10-24(3,4)18-6-5-15-12-21(27)26-20(15)14-18/h5-8,11,14H,9-10,12-13H2,1-4H3,(H,25,28)(H,26,27). The fourth-order valence-electron chi connectivity index (χ4n) is 4.20. The molecule has 28 heavy (non-hydrogen) atoms. The maximum atomic E-state index is 11.6. The van der Waals surface area contributed by atoms with E-state index >= 15 is 0 Å². The zero-order chi connectivity index (χ0) is 20.1. The number of fused-ring (bicyclic) bond motifs is 2. The van der Waals surface area contributed by atoms with Gasteiger partial charge in [0.2, 0.25) is 11.8 Å². The second-order valence-corrected chi connectivity index (χ2v) is 9.46. The highest BCUT2D eigenvalue weighted by Gasteiger charge is 2.30. The third kappa shape index (κ3) is 3.44. The highest BCUT2D eigenvalue weighted by Crippen LogP contribution is 2.39. The number of carbonyl (C=O) groups excluding carboxylic acids is 2. The predicted molar refractivity (Wildman–Crippen MR) is 113 cm³/mol. The maximum Gasteiger partial charge on any atom is 0.228 e. The molecule has 2 amide bonds. The van der Waals surface area contributed by atoms with Crippen LogP contribution in [0.3, 0.4) is 0 Å². The number of rotatable bonds is 5. The lowest BCUT2D eigenvalue weighted by molar-refractivity contribution is -0.115. The lowest BCUT2D eigenvalue weighted by Gasteiger charge is -2.32. The average molecular weight is 377 g/mol. The van der Waals surface area contributed by atoms with Gasteiger partial charge in [0.05, 0.1) is 12.8 Å². The fraction of sp³-hybridized carbons (Fsp3) is 0.417. The number of hydrogen-bond donors (Lipinski definition) is 2. The van der Waals surface area contributed by atoms with Crippen LogP contribution in [0.2, 0.25) is 0 Å². The number of benzene rings is 2. The van der Waals surface area contributed by atoms with Crippen molar-refractivity contribution in [3.63, 3.8) is 0 Å². The Morgan fingerprint density at radius 1 is 0.714 bits per heavy atom. The monoisotopic (exact) mass is 376 g/mol. The first-order valence-corrected chi connectivity index (χ1v) is 10.0. The SMILES string of the molecule is CC(C)(CCC(C)(C)c1ccc2c(c1)NC(=O)C2)c1ccc2c(c1)CC(=O)N2. The molecule has 0 fully saturated rings. The van der Waals surface area contributed by atoms with E-state index in [1.54, 1.807) is 0 Å². The highest BCUT2D eigenvalue weighted by atomic mass is 16.2. The second-order valence-electron chi connectivity index (χ2n) is 9.46. The molecule has 4 rings (SSSR count). The summed E-state index contributed by atoms with van der Waals surface area (Å²) >= 11 is 0. The summed E-state index contributed by atoms with van der Waals surface area (Å²) in [6.45, 7) is 9.09. The molecule has 0 spiro atoms. The number of anilines is 2. The molecule has 0 bridgehead atoms. The Bertz CT molecular complexity index is 893. The Morgan fingerprint density at radius 3 is 1.93 bits per heavy atom. The molecule has 2 aromatic rings. The molecule has 146 valence electrons. The van der Waals surface area contributed by atoms with E-state index in [2.05, 4.69) is 68.7 Å². The van der Waals surface area contributed by atoms with E-state index < -0.39 is 0 Å². The van der Waals surface area contributed by atoms with Crippen molar-refractivity contribution in [2.75, 3.05) is 10.6 Å². The molecule has 0 saturated heterocycles. The van der Waals surface area contributed by atoms with Crippen LogP contribution in [-0.2, 0) is 33.3 Å². The van der Waals surface area contributed by atoms with Gasteiger partial charge in [0.1, 0.15) is 0 Å². The van der Waals surface area contributed by atoms with Gasteiger partial charge in [0, 0.05) is 11.4 Å². The van der Waals surface area contributed by atoms with Crippen LogP contribution in [0.25, 0.3) is 0 Å². The summed E-state index contributed by atoms with van der Waals surface area (Å²) in [7, 11) is 0. The first-order chi connectivity index (χ1) is 13.1. The molecular weight excluding hydrogens is 348 g/mol. The van der Waals surface area contributed by atoms with Gasteiger partial charge < -0.3 is 10.6 Å². The fourth-order valence-corrected chi connectivity index (χ4v) is 4.20. The van der Waals surface area contributed by atoms with E-state index in [1.165, 1.54) is 11.1 Å². The second kappa shape index (κ2) is 6.47. The van der Waals surface area contributed by atoms with E-state index in [1.807, 2.05) is 6.07 Å². The van der Waals surface area contributed by atoms with Crippen molar-refractivity contribution in [3.05, 3.63) is 58.7 Å². The van der Waals surface area contributed by atoms with Crippen molar-refractivity contribution < 1.29 is 9.59 Å². The van der Waals surface area contributed by atoms with E-state index in [-0.39, 0.29) is 22.6 Å². The summed E-state index contributed by atoms with van der Waals surface area (Å²) in [5, 5.41) is 5.87. The highest BCUT2D eigenvalue weighted by molar-refractivity contribution is 5.99. The van der Waals surface area contributed by atoms with Gasteiger partial charge in [-0.05, 0) is 58.1 Å². The largest absolute Gasteiger partial charge is 0.326 e. The molecule has 2 aliphatic heterocycles. The minimum absolute atomic E-state index is 0.00780. The Hall–Kier alpha value is -2.62. The van der Waals surface area contributed by atoms with Crippen molar-refractivity contribution in [2.24, 2.45) is 0 Å². The molecule has 2 aromatic carbocycles. The lowest BCUT2D eigenvalue weighted by atomic mass is 9.72. The molecule has 0 saturated carbocycles. The van der Waals surface area contributed by atoms with Gasteiger partial charge in [-0.3, -0.25) is 9.59 Å². The molecule has 2 aliphatic rings. The van der Waals surface area contributed by atoms with Gasteiger partial charge in [0.25, 0.3) is 0 Å².